The fourth-order valence-electron chi connectivity index (χ4n) is 2.58. The zero-order valence-electron chi connectivity index (χ0n) is 12.5. The average Bonchev–Trinajstić information content (AvgIpc) is 3.20. The van der Waals surface area contributed by atoms with Crippen LogP contribution >= 0.6 is 11.3 Å². The van der Waals surface area contributed by atoms with Crippen LogP contribution in [-0.4, -0.2) is 23.1 Å². The molecule has 1 aromatic carbocycles. The van der Waals surface area contributed by atoms with Crippen molar-refractivity contribution in [3.63, 3.8) is 0 Å². The number of benzene rings is 1. The minimum atomic E-state index is -1.03. The minimum Gasteiger partial charge on any atom is -0.490 e. The Morgan fingerprint density at radius 2 is 1.70 bits per heavy atom. The van der Waals surface area contributed by atoms with Gasteiger partial charge in [-0.1, -0.05) is 0 Å². The highest BCUT2D eigenvalue weighted by Crippen LogP contribution is 2.25. The number of aromatic carboxylic acids is 1. The Morgan fingerprint density at radius 1 is 1.04 bits per heavy atom. The molecule has 1 fully saturated rings. The van der Waals surface area contributed by atoms with E-state index in [-0.39, 0.29) is 10.8 Å². The maximum absolute atomic E-state index is 12.1. The van der Waals surface area contributed by atoms with Crippen molar-refractivity contribution in [2.45, 2.75) is 31.8 Å². The molecule has 0 radical (unpaired) electrons. The molecule has 120 valence electrons. The van der Waals surface area contributed by atoms with E-state index in [9.17, 15) is 9.59 Å². The minimum absolute atomic E-state index is 0.149. The molecule has 1 aliphatic carbocycles. The third-order valence-corrected chi connectivity index (χ3v) is 4.83. The summed E-state index contributed by atoms with van der Waals surface area (Å²) in [6.07, 6.45) is 4.94. The van der Waals surface area contributed by atoms with E-state index in [0.29, 0.717) is 16.7 Å². The maximum atomic E-state index is 12.1. The highest BCUT2D eigenvalue weighted by Gasteiger charge is 2.16. The topological polar surface area (TPSA) is 75.6 Å². The number of hydrogen-bond donors (Lipinski definition) is 2. The first-order valence-electron chi connectivity index (χ1n) is 7.53. The summed E-state index contributed by atoms with van der Waals surface area (Å²) in [7, 11) is 0. The van der Waals surface area contributed by atoms with Crippen LogP contribution in [0.2, 0.25) is 0 Å². The first-order valence-corrected chi connectivity index (χ1v) is 8.34. The summed E-state index contributed by atoms with van der Waals surface area (Å²) in [6.45, 7) is 0. The third kappa shape index (κ3) is 3.90. The molecule has 0 saturated heterocycles. The lowest BCUT2D eigenvalue weighted by Crippen LogP contribution is -2.12. The zero-order valence-corrected chi connectivity index (χ0v) is 13.3. The number of hydrogen-bond acceptors (Lipinski definition) is 4. The van der Waals surface area contributed by atoms with Crippen molar-refractivity contribution in [2.75, 3.05) is 5.32 Å². The number of carbonyl (C=O) groups excluding carboxylic acids is 1. The Bertz CT molecular complexity index is 702. The summed E-state index contributed by atoms with van der Waals surface area (Å²) in [6, 6.07) is 10.2. The van der Waals surface area contributed by atoms with Crippen molar-refractivity contribution in [3.8, 4) is 5.75 Å². The molecule has 0 unspecified atom stereocenters. The zero-order chi connectivity index (χ0) is 16.2. The van der Waals surface area contributed by atoms with Crippen LogP contribution in [-0.2, 0) is 0 Å². The van der Waals surface area contributed by atoms with Gasteiger partial charge in [0, 0.05) is 5.69 Å². The Balaban J connectivity index is 1.60. The first kappa shape index (κ1) is 15.6. The number of rotatable bonds is 5. The smallest absolute Gasteiger partial charge is 0.345 e. The van der Waals surface area contributed by atoms with Gasteiger partial charge in [-0.05, 0) is 62.1 Å². The number of carboxylic acid groups (broad SMARTS) is 1. The molecule has 1 aromatic heterocycles. The number of amides is 1. The van der Waals surface area contributed by atoms with E-state index in [2.05, 4.69) is 5.32 Å². The van der Waals surface area contributed by atoms with Gasteiger partial charge in [0.2, 0.25) is 0 Å². The quantitative estimate of drug-likeness (QED) is 0.867. The van der Waals surface area contributed by atoms with Crippen molar-refractivity contribution in [3.05, 3.63) is 46.2 Å². The Labute approximate surface area is 137 Å². The number of nitrogens with one attached hydrogen (secondary N) is 1. The standard InChI is InChI=1S/C17H17NO4S/c19-16(14-9-10-15(23-14)17(20)21)18-11-5-7-13(8-6-11)22-12-3-1-2-4-12/h5-10,12H,1-4H2,(H,18,19)(H,20,21). The molecular weight excluding hydrogens is 314 g/mol. The van der Waals surface area contributed by atoms with Crippen molar-refractivity contribution in [1.82, 2.24) is 0 Å². The Hall–Kier alpha value is -2.34. The van der Waals surface area contributed by atoms with Gasteiger partial charge >= 0.3 is 5.97 Å². The number of thiophene rings is 1. The molecule has 0 aliphatic heterocycles. The summed E-state index contributed by atoms with van der Waals surface area (Å²) in [5.41, 5.74) is 0.652. The van der Waals surface area contributed by atoms with Gasteiger partial charge in [0.05, 0.1) is 11.0 Å². The highest BCUT2D eigenvalue weighted by molar-refractivity contribution is 7.15. The van der Waals surface area contributed by atoms with E-state index in [1.165, 1.54) is 25.0 Å². The monoisotopic (exact) mass is 331 g/mol. The lowest BCUT2D eigenvalue weighted by Gasteiger charge is -2.13. The van der Waals surface area contributed by atoms with Gasteiger partial charge in [0.15, 0.2) is 0 Å². The van der Waals surface area contributed by atoms with Crippen molar-refractivity contribution in [2.24, 2.45) is 0 Å². The first-order chi connectivity index (χ1) is 11.1. The van der Waals surface area contributed by atoms with Crippen molar-refractivity contribution in [1.29, 1.82) is 0 Å². The molecule has 2 N–H and O–H groups in total. The molecule has 0 bridgehead atoms. The van der Waals surface area contributed by atoms with Crippen LogP contribution in [0.1, 0.15) is 45.0 Å². The van der Waals surface area contributed by atoms with Crippen LogP contribution < -0.4 is 10.1 Å². The maximum Gasteiger partial charge on any atom is 0.345 e. The van der Waals surface area contributed by atoms with Crippen LogP contribution in [0, 0.1) is 0 Å². The fraction of sp³-hybridized carbons (Fsp3) is 0.294. The van der Waals surface area contributed by atoms with Crippen LogP contribution in [0.4, 0.5) is 5.69 Å². The number of anilines is 1. The van der Waals surface area contributed by atoms with Crippen LogP contribution in [0.15, 0.2) is 36.4 Å². The Morgan fingerprint density at radius 3 is 2.30 bits per heavy atom. The third-order valence-electron chi connectivity index (χ3n) is 3.76. The average molecular weight is 331 g/mol. The van der Waals surface area contributed by atoms with E-state index in [4.69, 9.17) is 9.84 Å². The predicted molar refractivity (Wildman–Crippen MR) is 88.6 cm³/mol. The van der Waals surface area contributed by atoms with Crippen LogP contribution in [0.25, 0.3) is 0 Å². The lowest BCUT2D eigenvalue weighted by molar-refractivity contribution is 0.0702. The number of carbonyl (C=O) groups is 2. The molecule has 1 saturated carbocycles. The van der Waals surface area contributed by atoms with Crippen LogP contribution in [0.3, 0.4) is 0 Å². The second kappa shape index (κ2) is 6.83. The van der Waals surface area contributed by atoms with E-state index >= 15 is 0 Å². The summed E-state index contributed by atoms with van der Waals surface area (Å²) in [4.78, 5) is 23.4. The number of ether oxygens (including phenoxy) is 1. The molecule has 2 aromatic rings. The van der Waals surface area contributed by atoms with Gasteiger partial charge in [-0.25, -0.2) is 4.79 Å². The largest absolute Gasteiger partial charge is 0.490 e. The molecule has 0 spiro atoms. The van der Waals surface area contributed by atoms with Crippen LogP contribution in [0.5, 0.6) is 5.75 Å². The SMILES string of the molecule is O=C(O)c1ccc(C(=O)Nc2ccc(OC3CCCC3)cc2)s1. The second-order valence-corrected chi connectivity index (χ2v) is 6.56. The van der Waals surface area contributed by atoms with Gasteiger partial charge in [0.1, 0.15) is 10.6 Å². The summed E-state index contributed by atoms with van der Waals surface area (Å²) in [5, 5.41) is 11.6. The predicted octanol–water partition coefficient (Wildman–Crippen LogP) is 4.02. The Kier molecular flexibility index (Phi) is 4.62. The molecule has 5 nitrogen and oxygen atoms in total. The number of carboxylic acids is 1. The van der Waals surface area contributed by atoms with Gasteiger partial charge in [-0.2, -0.15) is 0 Å². The highest BCUT2D eigenvalue weighted by atomic mass is 32.1. The molecule has 3 rings (SSSR count). The van der Waals surface area contributed by atoms with Crippen molar-refractivity contribution < 1.29 is 19.4 Å². The molecule has 23 heavy (non-hydrogen) atoms. The molecule has 0 atom stereocenters. The summed E-state index contributed by atoms with van der Waals surface area (Å²) >= 11 is 0.957. The molecule has 6 heteroatoms. The van der Waals surface area contributed by atoms with E-state index in [0.717, 1.165) is 29.9 Å². The van der Waals surface area contributed by atoms with Crippen molar-refractivity contribution >= 4 is 28.9 Å². The van der Waals surface area contributed by atoms with Gasteiger partial charge < -0.3 is 15.2 Å². The summed E-state index contributed by atoms with van der Waals surface area (Å²) < 4.78 is 5.87. The fourth-order valence-corrected chi connectivity index (χ4v) is 3.32. The van der Waals surface area contributed by atoms with Gasteiger partial charge in [-0.3, -0.25) is 4.79 Å². The lowest BCUT2D eigenvalue weighted by atomic mass is 10.2. The molecule has 1 aliphatic rings. The molecule has 1 amide bonds. The normalized spacial score (nSPS) is 14.6. The van der Waals surface area contributed by atoms with E-state index < -0.39 is 5.97 Å². The molecular formula is C17H17NO4S. The van der Waals surface area contributed by atoms with Gasteiger partial charge in [0.25, 0.3) is 5.91 Å². The van der Waals surface area contributed by atoms with Gasteiger partial charge in [-0.15, -0.1) is 11.3 Å². The molecule has 1 heterocycles. The van der Waals surface area contributed by atoms with E-state index in [1.807, 2.05) is 12.1 Å². The van der Waals surface area contributed by atoms with E-state index in [1.54, 1.807) is 12.1 Å². The second-order valence-electron chi connectivity index (χ2n) is 5.47. The summed E-state index contributed by atoms with van der Waals surface area (Å²) in [5.74, 6) is -0.534.